The third-order valence-corrected chi connectivity index (χ3v) is 7.81. The molecular weight excluding hydrogens is 388 g/mol. The lowest BCUT2D eigenvalue weighted by Gasteiger charge is -2.18. The summed E-state index contributed by atoms with van der Waals surface area (Å²) < 4.78 is 2.63. The lowest BCUT2D eigenvalue weighted by molar-refractivity contribution is 0.923. The molecule has 2 unspecified atom stereocenters. The fourth-order valence-electron chi connectivity index (χ4n) is 6.48. The summed E-state index contributed by atoms with van der Waals surface area (Å²) >= 11 is 0. The first-order valence-electron chi connectivity index (χ1n) is 12.2. The summed E-state index contributed by atoms with van der Waals surface area (Å²) in [5.41, 5.74) is 11.6. The molecule has 158 valence electrons. The zero-order valence-electron chi connectivity index (χ0n) is 18.8. The first kappa shape index (κ1) is 18.3. The molecular formula is C30H28N2. The molecule has 1 fully saturated rings. The molecule has 0 spiro atoms. The van der Waals surface area contributed by atoms with Crippen LogP contribution in [0.5, 0.6) is 0 Å². The Morgan fingerprint density at radius 1 is 0.938 bits per heavy atom. The molecule has 0 radical (unpaired) electrons. The van der Waals surface area contributed by atoms with E-state index in [1.54, 1.807) is 11.1 Å². The molecule has 2 aliphatic rings. The molecule has 2 heterocycles. The number of hydrogen-bond acceptors (Lipinski definition) is 0. The van der Waals surface area contributed by atoms with Crippen molar-refractivity contribution in [3.8, 4) is 0 Å². The summed E-state index contributed by atoms with van der Waals surface area (Å²) in [5.74, 6) is 1.37. The van der Waals surface area contributed by atoms with Gasteiger partial charge < -0.3 is 9.55 Å². The molecule has 0 bridgehead atoms. The van der Waals surface area contributed by atoms with Crippen LogP contribution in [0.25, 0.3) is 44.0 Å². The highest BCUT2D eigenvalue weighted by molar-refractivity contribution is 6.20. The van der Waals surface area contributed by atoms with E-state index in [0.717, 1.165) is 19.3 Å². The Bertz CT molecular complexity index is 1540. The Kier molecular flexibility index (Phi) is 3.79. The molecule has 1 N–H and O–H groups in total. The Morgan fingerprint density at radius 3 is 2.62 bits per heavy atom. The lowest BCUT2D eigenvalue weighted by Crippen LogP contribution is -2.02. The number of nitrogens with zero attached hydrogens (tertiary/aromatic N) is 1. The minimum atomic E-state index is 0.673. The first-order valence-corrected chi connectivity index (χ1v) is 12.2. The molecule has 0 aliphatic heterocycles. The molecule has 32 heavy (non-hydrogen) atoms. The van der Waals surface area contributed by atoms with Gasteiger partial charge in [0.2, 0.25) is 0 Å². The largest absolute Gasteiger partial charge is 0.361 e. The zero-order valence-corrected chi connectivity index (χ0v) is 18.8. The SMILES string of the molecule is CCC/C(=C(\CC)c1ccccc1)n1c2cccc3c2c2c(c4[nH]ccc4cc21)C1CC31. The highest BCUT2D eigenvalue weighted by Crippen LogP contribution is 2.63. The van der Waals surface area contributed by atoms with Gasteiger partial charge in [-0.05, 0) is 71.6 Å². The normalized spacial score (nSPS) is 19.7. The lowest BCUT2D eigenvalue weighted by atomic mass is 9.90. The molecule has 0 saturated heterocycles. The van der Waals surface area contributed by atoms with Crippen LogP contribution in [-0.2, 0) is 0 Å². The summed E-state index contributed by atoms with van der Waals surface area (Å²) in [6, 6.07) is 22.7. The number of fused-ring (bicyclic) bond motifs is 5. The van der Waals surface area contributed by atoms with Crippen molar-refractivity contribution in [3.05, 3.63) is 83.6 Å². The average Bonchev–Trinajstić information content (AvgIpc) is 3.38. The van der Waals surface area contributed by atoms with Crippen LogP contribution < -0.4 is 0 Å². The van der Waals surface area contributed by atoms with E-state index in [1.165, 1.54) is 56.0 Å². The molecule has 2 atom stereocenters. The van der Waals surface area contributed by atoms with Crippen molar-refractivity contribution in [2.24, 2.45) is 0 Å². The van der Waals surface area contributed by atoms with E-state index in [1.807, 2.05) is 0 Å². The Labute approximate surface area is 188 Å². The van der Waals surface area contributed by atoms with Gasteiger partial charge in [-0.25, -0.2) is 0 Å². The summed E-state index contributed by atoms with van der Waals surface area (Å²) in [6.07, 6.45) is 6.66. The van der Waals surface area contributed by atoms with Crippen molar-refractivity contribution >= 4 is 44.0 Å². The summed E-state index contributed by atoms with van der Waals surface area (Å²) in [4.78, 5) is 3.58. The van der Waals surface area contributed by atoms with E-state index >= 15 is 0 Å². The third kappa shape index (κ3) is 2.30. The third-order valence-electron chi connectivity index (χ3n) is 7.81. The molecule has 2 aliphatic carbocycles. The van der Waals surface area contributed by atoms with Crippen molar-refractivity contribution in [3.63, 3.8) is 0 Å². The first-order chi connectivity index (χ1) is 15.8. The van der Waals surface area contributed by atoms with Gasteiger partial charge in [0.25, 0.3) is 0 Å². The van der Waals surface area contributed by atoms with E-state index < -0.39 is 0 Å². The van der Waals surface area contributed by atoms with Crippen LogP contribution in [-0.4, -0.2) is 9.55 Å². The number of benzene rings is 3. The number of nitrogens with one attached hydrogen (secondary N) is 1. The predicted octanol–water partition coefficient (Wildman–Crippen LogP) is 8.44. The Balaban J connectivity index is 1.68. The van der Waals surface area contributed by atoms with Crippen LogP contribution >= 0.6 is 0 Å². The summed E-state index contributed by atoms with van der Waals surface area (Å²) in [5, 5.41) is 4.35. The van der Waals surface area contributed by atoms with Gasteiger partial charge in [0, 0.05) is 33.6 Å². The van der Waals surface area contributed by atoms with E-state index in [2.05, 4.69) is 90.3 Å². The number of aromatic nitrogens is 2. The minimum absolute atomic E-state index is 0.673. The highest BCUT2D eigenvalue weighted by Gasteiger charge is 2.46. The molecule has 5 aromatic rings. The second-order valence-electron chi connectivity index (χ2n) is 9.55. The van der Waals surface area contributed by atoms with Gasteiger partial charge in [0.05, 0.1) is 11.0 Å². The maximum absolute atomic E-state index is 3.58. The van der Waals surface area contributed by atoms with E-state index in [4.69, 9.17) is 0 Å². The predicted molar refractivity (Wildman–Crippen MR) is 136 cm³/mol. The van der Waals surface area contributed by atoms with Crippen LogP contribution in [0.15, 0.2) is 66.9 Å². The van der Waals surface area contributed by atoms with Crippen LogP contribution in [0.2, 0.25) is 0 Å². The van der Waals surface area contributed by atoms with Crippen LogP contribution in [0, 0.1) is 0 Å². The van der Waals surface area contributed by atoms with Crippen LogP contribution in [0.3, 0.4) is 0 Å². The second kappa shape index (κ2) is 6.62. The van der Waals surface area contributed by atoms with Crippen molar-refractivity contribution < 1.29 is 0 Å². The summed E-state index contributed by atoms with van der Waals surface area (Å²) in [7, 11) is 0. The van der Waals surface area contributed by atoms with Crippen LogP contribution in [0.1, 0.15) is 68.1 Å². The maximum Gasteiger partial charge on any atom is 0.0548 e. The van der Waals surface area contributed by atoms with Gasteiger partial charge in [-0.3, -0.25) is 0 Å². The quantitative estimate of drug-likeness (QED) is 0.297. The molecule has 7 rings (SSSR count). The van der Waals surface area contributed by atoms with Crippen molar-refractivity contribution in [2.75, 3.05) is 0 Å². The van der Waals surface area contributed by atoms with Crippen molar-refractivity contribution in [1.82, 2.24) is 9.55 Å². The number of hydrogen-bond donors (Lipinski definition) is 1. The number of aromatic amines is 1. The number of allylic oxidation sites excluding steroid dienone is 2. The standard InChI is InChI=1S/C30H28N2/c1-3-9-24(20(4-2)18-10-6-5-7-11-18)32-25-13-8-12-21-22-17-23(22)28-29(27(21)25)26(32)16-19-14-15-31-30(19)28/h5-8,10-16,22-23,31H,3-4,9,17H2,1-2H3/b24-20-. The fourth-order valence-corrected chi connectivity index (χ4v) is 6.48. The van der Waals surface area contributed by atoms with E-state index in [0.29, 0.717) is 11.8 Å². The molecule has 0 amide bonds. The molecule has 2 nitrogen and oxygen atoms in total. The van der Waals surface area contributed by atoms with Crippen molar-refractivity contribution in [2.45, 2.75) is 51.4 Å². The maximum atomic E-state index is 3.58. The smallest absolute Gasteiger partial charge is 0.0548 e. The Hall–Kier alpha value is -3.26. The van der Waals surface area contributed by atoms with E-state index in [9.17, 15) is 0 Å². The Morgan fingerprint density at radius 2 is 1.81 bits per heavy atom. The molecule has 3 aromatic carbocycles. The molecule has 1 saturated carbocycles. The monoisotopic (exact) mass is 416 g/mol. The number of rotatable bonds is 5. The molecule has 2 heteroatoms. The summed E-state index contributed by atoms with van der Waals surface area (Å²) in [6.45, 7) is 4.61. The van der Waals surface area contributed by atoms with Crippen molar-refractivity contribution in [1.29, 1.82) is 0 Å². The highest BCUT2D eigenvalue weighted by atomic mass is 15.0. The average molecular weight is 417 g/mol. The van der Waals surface area contributed by atoms with Gasteiger partial charge >= 0.3 is 0 Å². The molecule has 2 aromatic heterocycles. The van der Waals surface area contributed by atoms with E-state index in [-0.39, 0.29) is 0 Å². The second-order valence-corrected chi connectivity index (χ2v) is 9.55. The number of H-pyrrole nitrogens is 1. The minimum Gasteiger partial charge on any atom is -0.361 e. The van der Waals surface area contributed by atoms with Gasteiger partial charge in [0.1, 0.15) is 0 Å². The van der Waals surface area contributed by atoms with Gasteiger partial charge in [0.15, 0.2) is 0 Å². The van der Waals surface area contributed by atoms with Gasteiger partial charge in [-0.15, -0.1) is 0 Å². The van der Waals surface area contributed by atoms with Gasteiger partial charge in [-0.1, -0.05) is 62.7 Å². The fraction of sp³-hybridized carbons (Fsp3) is 0.267. The topological polar surface area (TPSA) is 20.7 Å². The van der Waals surface area contributed by atoms with Crippen LogP contribution in [0.4, 0.5) is 0 Å². The van der Waals surface area contributed by atoms with Gasteiger partial charge in [-0.2, -0.15) is 0 Å². The zero-order chi connectivity index (χ0) is 21.4.